The van der Waals surface area contributed by atoms with Gasteiger partial charge in [-0.2, -0.15) is 0 Å². The molecule has 118 valence electrons. The lowest BCUT2D eigenvalue weighted by molar-refractivity contribution is -0.117. The van der Waals surface area contributed by atoms with E-state index in [1.54, 1.807) is 6.08 Å². The molecular weight excluding hydrogens is 252 g/mol. The fourth-order valence-corrected chi connectivity index (χ4v) is 1.95. The van der Waals surface area contributed by atoms with Gasteiger partial charge < -0.3 is 10.4 Å². The van der Waals surface area contributed by atoms with Crippen LogP contribution in [0.5, 0.6) is 0 Å². The summed E-state index contributed by atoms with van der Waals surface area (Å²) in [5, 5.41) is 11.5. The van der Waals surface area contributed by atoms with E-state index in [4.69, 9.17) is 5.11 Å². The van der Waals surface area contributed by atoms with Crippen molar-refractivity contribution >= 4 is 5.91 Å². The van der Waals surface area contributed by atoms with Crippen LogP contribution in [0.4, 0.5) is 0 Å². The summed E-state index contributed by atoms with van der Waals surface area (Å²) in [6, 6.07) is 0. The SMILES string of the molecule is CC/C=C/C(=O)NCN(C)CCCCCCCCCO. The van der Waals surface area contributed by atoms with E-state index < -0.39 is 0 Å². The molecule has 4 nitrogen and oxygen atoms in total. The standard InChI is InChI=1S/C16H32N2O2/c1-3-4-12-16(20)17-15-18(2)13-10-8-6-5-7-9-11-14-19/h4,12,19H,3,5-11,13-15H2,1-2H3,(H,17,20)/b12-4+. The van der Waals surface area contributed by atoms with Crippen LogP contribution in [-0.2, 0) is 4.79 Å². The predicted molar refractivity (Wildman–Crippen MR) is 84.5 cm³/mol. The lowest BCUT2D eigenvalue weighted by Gasteiger charge is -2.16. The summed E-state index contributed by atoms with van der Waals surface area (Å²) in [5.74, 6) is -0.0115. The fraction of sp³-hybridized carbons (Fsp3) is 0.812. The van der Waals surface area contributed by atoms with Crippen LogP contribution in [0.15, 0.2) is 12.2 Å². The normalized spacial score (nSPS) is 11.4. The number of hydrogen-bond donors (Lipinski definition) is 2. The summed E-state index contributed by atoms with van der Waals surface area (Å²) in [4.78, 5) is 13.5. The Hall–Kier alpha value is -0.870. The first-order valence-electron chi connectivity index (χ1n) is 7.94. The Bertz CT molecular complexity index is 255. The zero-order valence-corrected chi connectivity index (χ0v) is 13.2. The van der Waals surface area contributed by atoms with E-state index in [0.717, 1.165) is 25.8 Å². The summed E-state index contributed by atoms with van der Waals surface area (Å²) in [6.07, 6.45) is 12.6. The molecule has 0 radical (unpaired) electrons. The van der Waals surface area contributed by atoms with Gasteiger partial charge in [0.15, 0.2) is 0 Å². The van der Waals surface area contributed by atoms with Crippen molar-refractivity contribution in [3.8, 4) is 0 Å². The number of amides is 1. The minimum atomic E-state index is -0.0115. The van der Waals surface area contributed by atoms with Crippen LogP contribution in [0.2, 0.25) is 0 Å². The predicted octanol–water partition coefficient (Wildman–Crippen LogP) is 2.68. The third-order valence-electron chi connectivity index (χ3n) is 3.23. The first kappa shape index (κ1) is 19.1. The van der Waals surface area contributed by atoms with Crippen LogP contribution >= 0.6 is 0 Å². The van der Waals surface area contributed by atoms with E-state index >= 15 is 0 Å². The number of hydrogen-bond acceptors (Lipinski definition) is 3. The first-order valence-corrected chi connectivity index (χ1v) is 7.94. The monoisotopic (exact) mass is 284 g/mol. The number of allylic oxidation sites excluding steroid dienone is 1. The van der Waals surface area contributed by atoms with E-state index in [2.05, 4.69) is 10.2 Å². The number of nitrogens with zero attached hydrogens (tertiary/aromatic N) is 1. The van der Waals surface area contributed by atoms with Crippen molar-refractivity contribution in [1.29, 1.82) is 0 Å². The minimum absolute atomic E-state index is 0.0115. The Balaban J connectivity index is 3.34. The molecule has 0 rings (SSSR count). The molecule has 0 aromatic rings. The van der Waals surface area contributed by atoms with Gasteiger partial charge in [0, 0.05) is 6.61 Å². The van der Waals surface area contributed by atoms with E-state index in [0.29, 0.717) is 13.3 Å². The van der Waals surface area contributed by atoms with Crippen LogP contribution in [0.3, 0.4) is 0 Å². The molecule has 20 heavy (non-hydrogen) atoms. The highest BCUT2D eigenvalue weighted by atomic mass is 16.2. The van der Waals surface area contributed by atoms with Crippen LogP contribution in [0.1, 0.15) is 58.3 Å². The van der Waals surface area contributed by atoms with Gasteiger partial charge in [-0.1, -0.05) is 45.1 Å². The molecule has 0 aliphatic carbocycles. The average molecular weight is 284 g/mol. The van der Waals surface area contributed by atoms with E-state index in [-0.39, 0.29) is 5.91 Å². The summed E-state index contributed by atoms with van der Waals surface area (Å²) < 4.78 is 0. The highest BCUT2D eigenvalue weighted by Gasteiger charge is 2.00. The highest BCUT2D eigenvalue weighted by Crippen LogP contribution is 2.07. The van der Waals surface area contributed by atoms with Crippen molar-refractivity contribution in [2.75, 3.05) is 26.9 Å². The van der Waals surface area contributed by atoms with Crippen LogP contribution in [0.25, 0.3) is 0 Å². The zero-order chi connectivity index (χ0) is 15.1. The average Bonchev–Trinajstić information content (AvgIpc) is 2.45. The largest absolute Gasteiger partial charge is 0.396 e. The lowest BCUT2D eigenvalue weighted by atomic mass is 10.1. The number of carbonyl (C=O) groups is 1. The van der Waals surface area contributed by atoms with Crippen molar-refractivity contribution in [3.63, 3.8) is 0 Å². The van der Waals surface area contributed by atoms with E-state index in [1.807, 2.05) is 20.0 Å². The van der Waals surface area contributed by atoms with Crippen molar-refractivity contribution < 1.29 is 9.90 Å². The van der Waals surface area contributed by atoms with Gasteiger partial charge in [-0.05, 0) is 38.9 Å². The molecule has 2 N–H and O–H groups in total. The third kappa shape index (κ3) is 13.6. The van der Waals surface area contributed by atoms with Gasteiger partial charge in [-0.25, -0.2) is 0 Å². The quantitative estimate of drug-likeness (QED) is 0.310. The molecular formula is C16H32N2O2. The van der Waals surface area contributed by atoms with E-state index in [9.17, 15) is 4.79 Å². The lowest BCUT2D eigenvalue weighted by Crippen LogP contribution is -2.34. The molecule has 0 bridgehead atoms. The summed E-state index contributed by atoms with van der Waals surface area (Å²) in [7, 11) is 2.03. The summed E-state index contributed by atoms with van der Waals surface area (Å²) >= 11 is 0. The molecule has 0 aliphatic rings. The van der Waals surface area contributed by atoms with Crippen LogP contribution in [-0.4, -0.2) is 42.8 Å². The molecule has 0 atom stereocenters. The molecule has 0 aliphatic heterocycles. The maximum atomic E-state index is 11.4. The number of carbonyl (C=O) groups excluding carboxylic acids is 1. The zero-order valence-electron chi connectivity index (χ0n) is 13.2. The molecule has 0 saturated heterocycles. The molecule has 0 heterocycles. The van der Waals surface area contributed by atoms with Crippen molar-refractivity contribution in [3.05, 3.63) is 12.2 Å². The van der Waals surface area contributed by atoms with Crippen LogP contribution in [0, 0.1) is 0 Å². The Kier molecular flexibility index (Phi) is 13.9. The van der Waals surface area contributed by atoms with Gasteiger partial charge in [0.05, 0.1) is 6.67 Å². The number of unbranched alkanes of at least 4 members (excludes halogenated alkanes) is 6. The number of aliphatic hydroxyl groups is 1. The Morgan fingerprint density at radius 3 is 2.30 bits per heavy atom. The van der Waals surface area contributed by atoms with Crippen molar-refractivity contribution in [1.82, 2.24) is 10.2 Å². The number of nitrogens with one attached hydrogen (secondary N) is 1. The third-order valence-corrected chi connectivity index (χ3v) is 3.23. The topological polar surface area (TPSA) is 52.6 Å². The molecule has 0 aromatic carbocycles. The Morgan fingerprint density at radius 2 is 1.70 bits per heavy atom. The molecule has 0 spiro atoms. The molecule has 0 saturated carbocycles. The second-order valence-electron chi connectivity index (χ2n) is 5.29. The molecule has 0 fully saturated rings. The highest BCUT2D eigenvalue weighted by molar-refractivity contribution is 5.87. The Morgan fingerprint density at radius 1 is 1.10 bits per heavy atom. The number of aliphatic hydroxyl groups excluding tert-OH is 1. The first-order chi connectivity index (χ1) is 9.70. The molecule has 0 aromatic heterocycles. The maximum absolute atomic E-state index is 11.4. The minimum Gasteiger partial charge on any atom is -0.396 e. The summed E-state index contributed by atoms with van der Waals surface area (Å²) in [6.45, 7) is 3.97. The van der Waals surface area contributed by atoms with Gasteiger partial charge in [0.1, 0.15) is 0 Å². The number of rotatable bonds is 13. The van der Waals surface area contributed by atoms with Gasteiger partial charge in [-0.15, -0.1) is 0 Å². The van der Waals surface area contributed by atoms with Gasteiger partial charge >= 0.3 is 0 Å². The maximum Gasteiger partial charge on any atom is 0.244 e. The smallest absolute Gasteiger partial charge is 0.244 e. The van der Waals surface area contributed by atoms with E-state index in [1.165, 1.54) is 32.1 Å². The molecule has 1 amide bonds. The van der Waals surface area contributed by atoms with Crippen molar-refractivity contribution in [2.45, 2.75) is 58.3 Å². The van der Waals surface area contributed by atoms with Crippen LogP contribution < -0.4 is 5.32 Å². The second kappa shape index (κ2) is 14.5. The van der Waals surface area contributed by atoms with Gasteiger partial charge in [-0.3, -0.25) is 9.69 Å². The molecule has 0 unspecified atom stereocenters. The van der Waals surface area contributed by atoms with Gasteiger partial charge in [0.25, 0.3) is 0 Å². The fourth-order valence-electron chi connectivity index (χ4n) is 1.95. The van der Waals surface area contributed by atoms with Crippen molar-refractivity contribution in [2.24, 2.45) is 0 Å². The Labute approximate surface area is 124 Å². The summed E-state index contributed by atoms with van der Waals surface area (Å²) in [5.41, 5.74) is 0. The van der Waals surface area contributed by atoms with Gasteiger partial charge in [0.2, 0.25) is 5.91 Å². The molecule has 4 heteroatoms. The second-order valence-corrected chi connectivity index (χ2v) is 5.29.